The van der Waals surface area contributed by atoms with Gasteiger partial charge in [-0.2, -0.15) is 0 Å². The van der Waals surface area contributed by atoms with Gasteiger partial charge >= 0.3 is 0 Å². The predicted octanol–water partition coefficient (Wildman–Crippen LogP) is 10.1. The molecule has 3 nitrogen and oxygen atoms in total. The Bertz CT molecular complexity index is 1780. The van der Waals surface area contributed by atoms with E-state index in [1.165, 1.54) is 22.4 Å². The van der Waals surface area contributed by atoms with Crippen molar-refractivity contribution in [2.75, 3.05) is 0 Å². The Morgan fingerprint density at radius 2 is 1.37 bits per heavy atom. The molecule has 0 aliphatic carbocycles. The van der Waals surface area contributed by atoms with Gasteiger partial charge in [0, 0.05) is 10.8 Å². The summed E-state index contributed by atoms with van der Waals surface area (Å²) in [5, 5.41) is 2.25. The molecule has 0 atom stereocenters. The second-order valence-corrected chi connectivity index (χ2v) is 12.1. The van der Waals surface area contributed by atoms with Crippen LogP contribution in [0, 0.1) is 0 Å². The Morgan fingerprint density at radius 3 is 2.05 bits per heavy atom. The van der Waals surface area contributed by atoms with Crippen molar-refractivity contribution < 1.29 is 4.42 Å². The van der Waals surface area contributed by atoms with Crippen LogP contribution in [0.15, 0.2) is 83.3 Å². The molecule has 4 aromatic carbocycles. The molecule has 0 fully saturated rings. The van der Waals surface area contributed by atoms with E-state index >= 15 is 0 Å². The summed E-state index contributed by atoms with van der Waals surface area (Å²) in [5.41, 5.74) is 10.3. The number of furan rings is 1. The lowest BCUT2D eigenvalue weighted by Gasteiger charge is -2.28. The fourth-order valence-electron chi connectivity index (χ4n) is 5.61. The summed E-state index contributed by atoms with van der Waals surface area (Å²) in [6.45, 7) is 16.1. The van der Waals surface area contributed by atoms with E-state index in [1.807, 2.05) is 12.1 Å². The fourth-order valence-corrected chi connectivity index (χ4v) is 5.61. The second kappa shape index (κ2) is 8.87. The smallest absolute Gasteiger partial charge is 0.149 e. The summed E-state index contributed by atoms with van der Waals surface area (Å²) >= 11 is 0. The third kappa shape index (κ3) is 3.84. The molecule has 3 heteroatoms. The van der Waals surface area contributed by atoms with Crippen LogP contribution >= 0.6 is 0 Å². The third-order valence-electron chi connectivity index (χ3n) is 7.71. The van der Waals surface area contributed by atoms with E-state index in [-0.39, 0.29) is 5.41 Å². The molecule has 0 radical (unpaired) electrons. The quantitative estimate of drug-likeness (QED) is 0.241. The van der Waals surface area contributed by atoms with Crippen molar-refractivity contribution in [3.63, 3.8) is 0 Å². The van der Waals surface area contributed by atoms with Crippen LogP contribution in [0.3, 0.4) is 0 Å². The lowest BCUT2D eigenvalue weighted by Crippen LogP contribution is -2.16. The summed E-state index contributed by atoms with van der Waals surface area (Å²) in [6.07, 6.45) is 0. The molecule has 0 aliphatic heterocycles. The van der Waals surface area contributed by atoms with Gasteiger partial charge in [0.15, 0.2) is 0 Å². The van der Waals surface area contributed by atoms with Crippen LogP contribution in [0.1, 0.15) is 77.0 Å². The van der Waals surface area contributed by atoms with Gasteiger partial charge in [0.25, 0.3) is 0 Å². The van der Waals surface area contributed by atoms with Gasteiger partial charge in [-0.25, -0.2) is 4.98 Å². The summed E-state index contributed by atoms with van der Waals surface area (Å²) in [7, 11) is 0. The fraction of sp³-hybridized carbons (Fsp3) is 0.286. The molecule has 2 heterocycles. The largest absolute Gasteiger partial charge is 0.455 e. The van der Waals surface area contributed by atoms with Crippen molar-refractivity contribution >= 4 is 33.0 Å². The van der Waals surface area contributed by atoms with Gasteiger partial charge in [-0.3, -0.25) is 4.57 Å². The van der Waals surface area contributed by atoms with Gasteiger partial charge in [0.2, 0.25) is 0 Å². The molecule has 0 saturated heterocycles. The Morgan fingerprint density at radius 1 is 0.737 bits per heavy atom. The zero-order valence-electron chi connectivity index (χ0n) is 23.5. The number of aromatic nitrogens is 2. The minimum Gasteiger partial charge on any atom is -0.455 e. The topological polar surface area (TPSA) is 31.0 Å². The SMILES string of the molecule is CC(C)c1cc(C(C)(C)C)cc(C(C)C)c1-n1c(-c2cccc3c2oc2ccccc23)nc2ccccc21. The van der Waals surface area contributed by atoms with E-state index < -0.39 is 0 Å². The lowest BCUT2D eigenvalue weighted by molar-refractivity contribution is 0.586. The van der Waals surface area contributed by atoms with Crippen molar-refractivity contribution in [1.82, 2.24) is 9.55 Å². The average Bonchev–Trinajstić information content (AvgIpc) is 3.45. The van der Waals surface area contributed by atoms with Crippen molar-refractivity contribution in [3.8, 4) is 17.1 Å². The van der Waals surface area contributed by atoms with Crippen LogP contribution < -0.4 is 0 Å². The molecule has 2 aromatic heterocycles. The molecule has 0 unspecified atom stereocenters. The second-order valence-electron chi connectivity index (χ2n) is 12.1. The molecular weight excluding hydrogens is 464 g/mol. The van der Waals surface area contributed by atoms with Crippen molar-refractivity contribution in [2.45, 2.75) is 65.7 Å². The molecule has 0 saturated carbocycles. The number of hydrogen-bond donors (Lipinski definition) is 0. The highest BCUT2D eigenvalue weighted by Crippen LogP contribution is 2.42. The molecule has 0 aliphatic rings. The maximum Gasteiger partial charge on any atom is 0.149 e. The first-order chi connectivity index (χ1) is 18.1. The molecule has 6 rings (SSSR count). The molecule has 0 bridgehead atoms. The summed E-state index contributed by atoms with van der Waals surface area (Å²) in [4.78, 5) is 5.25. The number of nitrogens with zero attached hydrogens (tertiary/aromatic N) is 2. The Labute approximate surface area is 225 Å². The van der Waals surface area contributed by atoms with Gasteiger partial charge < -0.3 is 4.42 Å². The number of para-hydroxylation sites is 4. The maximum absolute atomic E-state index is 6.49. The summed E-state index contributed by atoms with van der Waals surface area (Å²) in [5.74, 6) is 1.62. The normalized spacial score (nSPS) is 12.6. The molecule has 0 amide bonds. The highest BCUT2D eigenvalue weighted by atomic mass is 16.3. The Hall–Kier alpha value is -3.85. The lowest BCUT2D eigenvalue weighted by atomic mass is 9.81. The molecule has 0 N–H and O–H groups in total. The van der Waals surface area contributed by atoms with Crippen molar-refractivity contribution in [1.29, 1.82) is 0 Å². The van der Waals surface area contributed by atoms with Gasteiger partial charge in [0.1, 0.15) is 17.0 Å². The minimum absolute atomic E-state index is 0.0610. The summed E-state index contributed by atoms with van der Waals surface area (Å²) < 4.78 is 8.89. The Balaban J connectivity index is 1.76. The van der Waals surface area contributed by atoms with E-state index in [0.29, 0.717) is 11.8 Å². The van der Waals surface area contributed by atoms with E-state index in [0.717, 1.165) is 44.4 Å². The van der Waals surface area contributed by atoms with E-state index in [1.54, 1.807) is 0 Å². The van der Waals surface area contributed by atoms with Crippen molar-refractivity contribution in [3.05, 3.63) is 95.6 Å². The van der Waals surface area contributed by atoms with Crippen LogP contribution in [0.4, 0.5) is 0 Å². The van der Waals surface area contributed by atoms with Crippen LogP contribution in [-0.4, -0.2) is 9.55 Å². The zero-order chi connectivity index (χ0) is 26.8. The molecular formula is C35H36N2O. The van der Waals surface area contributed by atoms with Gasteiger partial charge in [0.05, 0.1) is 22.3 Å². The predicted molar refractivity (Wildman–Crippen MR) is 161 cm³/mol. The molecule has 0 spiro atoms. The summed E-state index contributed by atoms with van der Waals surface area (Å²) in [6, 6.07) is 28.0. The Kier molecular flexibility index (Phi) is 5.72. The highest BCUT2D eigenvalue weighted by Gasteiger charge is 2.26. The maximum atomic E-state index is 6.49. The molecule has 38 heavy (non-hydrogen) atoms. The van der Waals surface area contributed by atoms with Gasteiger partial charge in [-0.1, -0.05) is 103 Å². The van der Waals surface area contributed by atoms with Crippen molar-refractivity contribution in [2.24, 2.45) is 0 Å². The zero-order valence-corrected chi connectivity index (χ0v) is 23.5. The monoisotopic (exact) mass is 500 g/mol. The van der Waals surface area contributed by atoms with Gasteiger partial charge in [-0.05, 0) is 58.2 Å². The first-order valence-corrected chi connectivity index (χ1v) is 13.7. The van der Waals surface area contributed by atoms with E-state index in [2.05, 4.69) is 120 Å². The standard InChI is InChI=1S/C35H36N2O/c1-21(2)27-19-23(35(5,6)7)20-28(22(3)4)32(27)37-30-17-10-9-16-29(30)36-34(37)26-15-12-14-25-24-13-8-11-18-31(24)38-33(25)26/h8-22H,1-7H3. The first-order valence-electron chi connectivity index (χ1n) is 13.7. The van der Waals surface area contributed by atoms with Crippen LogP contribution in [0.2, 0.25) is 0 Å². The first kappa shape index (κ1) is 24.5. The number of rotatable bonds is 4. The van der Waals surface area contributed by atoms with Crippen LogP contribution in [-0.2, 0) is 5.41 Å². The van der Waals surface area contributed by atoms with E-state index in [4.69, 9.17) is 9.40 Å². The number of hydrogen-bond acceptors (Lipinski definition) is 2. The third-order valence-corrected chi connectivity index (χ3v) is 7.71. The number of imidazole rings is 1. The van der Waals surface area contributed by atoms with Crippen LogP contribution in [0.5, 0.6) is 0 Å². The minimum atomic E-state index is 0.0610. The highest BCUT2D eigenvalue weighted by molar-refractivity contribution is 6.09. The average molecular weight is 501 g/mol. The number of benzene rings is 4. The molecule has 6 aromatic rings. The van der Waals surface area contributed by atoms with E-state index in [9.17, 15) is 0 Å². The molecule has 192 valence electrons. The number of fused-ring (bicyclic) bond motifs is 4. The van der Waals surface area contributed by atoms with Gasteiger partial charge in [-0.15, -0.1) is 0 Å². The van der Waals surface area contributed by atoms with Crippen LogP contribution in [0.25, 0.3) is 50.0 Å².